The number of benzene rings is 2. The normalized spacial score (nSPS) is 10.3. The van der Waals surface area contributed by atoms with Crippen molar-refractivity contribution < 1.29 is 17.9 Å². The summed E-state index contributed by atoms with van der Waals surface area (Å²) in [6.07, 6.45) is 0. The molecule has 2 rings (SSSR count). The number of hydrogen-bond donors (Lipinski definition) is 2. The summed E-state index contributed by atoms with van der Waals surface area (Å²) in [4.78, 5) is 0. The molecule has 0 aliphatic rings. The first-order chi connectivity index (χ1) is 10.0. The molecule has 7 heteroatoms. The van der Waals surface area contributed by atoms with Crippen molar-refractivity contribution in [2.45, 2.75) is 6.61 Å². The highest BCUT2D eigenvalue weighted by molar-refractivity contribution is 7.80. The lowest BCUT2D eigenvalue weighted by atomic mass is 10.3. The van der Waals surface area contributed by atoms with Gasteiger partial charge in [0.05, 0.1) is 5.69 Å². The van der Waals surface area contributed by atoms with Crippen molar-refractivity contribution in [3.63, 3.8) is 0 Å². The second kappa shape index (κ2) is 6.94. The van der Waals surface area contributed by atoms with Crippen molar-refractivity contribution in [2.75, 3.05) is 10.6 Å². The number of thiocarbonyl (C=S) groups is 1. The van der Waals surface area contributed by atoms with Gasteiger partial charge in [-0.3, -0.25) is 0 Å². The van der Waals surface area contributed by atoms with Gasteiger partial charge in [-0.25, -0.2) is 4.39 Å². The molecule has 0 saturated carbocycles. The molecule has 3 nitrogen and oxygen atoms in total. The molecule has 0 aromatic heterocycles. The van der Waals surface area contributed by atoms with Gasteiger partial charge in [0, 0.05) is 5.69 Å². The molecule has 0 saturated heterocycles. The minimum absolute atomic E-state index is 0.0178. The third-order valence-electron chi connectivity index (χ3n) is 2.45. The van der Waals surface area contributed by atoms with Crippen molar-refractivity contribution in [1.29, 1.82) is 0 Å². The van der Waals surface area contributed by atoms with E-state index in [0.717, 1.165) is 0 Å². The predicted octanol–water partition coefficient (Wildman–Crippen LogP) is 4.24. The SMILES string of the molecule is Fc1ccc(NC(=S)Nc2ccccc2OC(F)F)cc1. The van der Waals surface area contributed by atoms with E-state index in [1.54, 1.807) is 18.2 Å². The van der Waals surface area contributed by atoms with E-state index in [-0.39, 0.29) is 16.7 Å². The van der Waals surface area contributed by atoms with Gasteiger partial charge in [-0.1, -0.05) is 12.1 Å². The van der Waals surface area contributed by atoms with Crippen molar-refractivity contribution in [1.82, 2.24) is 0 Å². The number of rotatable bonds is 4. The zero-order chi connectivity index (χ0) is 15.2. The van der Waals surface area contributed by atoms with Gasteiger partial charge in [0.1, 0.15) is 11.6 Å². The van der Waals surface area contributed by atoms with E-state index in [4.69, 9.17) is 12.2 Å². The Kier molecular flexibility index (Phi) is 4.99. The maximum Gasteiger partial charge on any atom is 0.387 e. The van der Waals surface area contributed by atoms with Crippen LogP contribution in [0.3, 0.4) is 0 Å². The van der Waals surface area contributed by atoms with E-state index in [9.17, 15) is 13.2 Å². The molecule has 0 radical (unpaired) electrons. The second-order valence-corrected chi connectivity index (χ2v) is 4.37. The molecule has 0 aliphatic heterocycles. The van der Waals surface area contributed by atoms with Crippen LogP contribution in [0.5, 0.6) is 5.75 Å². The fraction of sp³-hybridized carbons (Fsp3) is 0.0714. The molecule has 0 aliphatic carbocycles. The summed E-state index contributed by atoms with van der Waals surface area (Å²) in [6.45, 7) is -2.92. The van der Waals surface area contributed by atoms with Crippen LogP contribution in [0.25, 0.3) is 0 Å². The predicted molar refractivity (Wildman–Crippen MR) is 79.3 cm³/mol. The summed E-state index contributed by atoms with van der Waals surface area (Å²) in [7, 11) is 0. The van der Waals surface area contributed by atoms with Gasteiger partial charge >= 0.3 is 6.61 Å². The molecule has 0 spiro atoms. The molecule has 110 valence electrons. The van der Waals surface area contributed by atoms with E-state index in [1.807, 2.05) is 0 Å². The number of anilines is 2. The third kappa shape index (κ3) is 4.64. The molecule has 0 unspecified atom stereocenters. The highest BCUT2D eigenvalue weighted by atomic mass is 32.1. The van der Waals surface area contributed by atoms with E-state index in [2.05, 4.69) is 15.4 Å². The van der Waals surface area contributed by atoms with Gasteiger partial charge < -0.3 is 15.4 Å². The van der Waals surface area contributed by atoms with Crippen LogP contribution in [0.1, 0.15) is 0 Å². The largest absolute Gasteiger partial charge is 0.433 e. The van der Waals surface area contributed by atoms with Gasteiger partial charge in [-0.15, -0.1) is 0 Å². The van der Waals surface area contributed by atoms with E-state index in [0.29, 0.717) is 11.4 Å². The van der Waals surface area contributed by atoms with Gasteiger partial charge in [0.25, 0.3) is 0 Å². The molecular weight excluding hydrogens is 301 g/mol. The number of alkyl halides is 2. The maximum absolute atomic E-state index is 12.8. The Morgan fingerprint density at radius 3 is 2.33 bits per heavy atom. The summed E-state index contributed by atoms with van der Waals surface area (Å²) >= 11 is 5.07. The average Bonchev–Trinajstić information content (AvgIpc) is 2.43. The lowest BCUT2D eigenvalue weighted by Gasteiger charge is -2.14. The Labute approximate surface area is 124 Å². The summed E-state index contributed by atoms with van der Waals surface area (Å²) in [5, 5.41) is 5.73. The zero-order valence-electron chi connectivity index (χ0n) is 10.6. The summed E-state index contributed by atoms with van der Waals surface area (Å²) < 4.78 is 41.7. The number of halogens is 3. The van der Waals surface area contributed by atoms with E-state index < -0.39 is 6.61 Å². The Balaban J connectivity index is 2.04. The zero-order valence-corrected chi connectivity index (χ0v) is 11.5. The molecule has 0 atom stereocenters. The standard InChI is InChI=1S/C14H11F3N2OS/c15-9-5-7-10(8-6-9)18-14(21)19-11-3-1-2-4-12(11)20-13(16)17/h1-8,13H,(H2,18,19,21). The highest BCUT2D eigenvalue weighted by Gasteiger charge is 2.10. The minimum Gasteiger partial charge on any atom is -0.433 e. The molecule has 0 amide bonds. The topological polar surface area (TPSA) is 33.3 Å². The number of para-hydroxylation sites is 2. The van der Waals surface area contributed by atoms with Gasteiger partial charge in [0.2, 0.25) is 0 Å². The van der Waals surface area contributed by atoms with Crippen LogP contribution >= 0.6 is 12.2 Å². The number of hydrogen-bond acceptors (Lipinski definition) is 2. The van der Waals surface area contributed by atoms with Gasteiger partial charge in [0.15, 0.2) is 5.11 Å². The quantitative estimate of drug-likeness (QED) is 0.828. The smallest absolute Gasteiger partial charge is 0.387 e. The second-order valence-electron chi connectivity index (χ2n) is 3.96. The van der Waals surface area contributed by atoms with Gasteiger partial charge in [-0.05, 0) is 48.6 Å². The first-order valence-electron chi connectivity index (χ1n) is 5.92. The highest BCUT2D eigenvalue weighted by Crippen LogP contribution is 2.25. The first-order valence-corrected chi connectivity index (χ1v) is 6.33. The Hall–Kier alpha value is -2.28. The molecule has 2 N–H and O–H groups in total. The Morgan fingerprint density at radius 2 is 1.67 bits per heavy atom. The Morgan fingerprint density at radius 1 is 1.00 bits per heavy atom. The number of nitrogens with one attached hydrogen (secondary N) is 2. The molecule has 21 heavy (non-hydrogen) atoms. The van der Waals surface area contributed by atoms with Crippen LogP contribution < -0.4 is 15.4 Å². The van der Waals surface area contributed by atoms with E-state index in [1.165, 1.54) is 30.3 Å². The fourth-order valence-corrected chi connectivity index (χ4v) is 1.81. The van der Waals surface area contributed by atoms with Gasteiger partial charge in [-0.2, -0.15) is 8.78 Å². The molecule has 0 bridgehead atoms. The van der Waals surface area contributed by atoms with Crippen molar-refractivity contribution in [2.24, 2.45) is 0 Å². The molecule has 0 fully saturated rings. The van der Waals surface area contributed by atoms with Crippen molar-refractivity contribution in [3.05, 3.63) is 54.3 Å². The number of ether oxygens (including phenoxy) is 1. The van der Waals surface area contributed by atoms with Crippen molar-refractivity contribution >= 4 is 28.7 Å². The average molecular weight is 312 g/mol. The molecule has 2 aromatic rings. The van der Waals surface area contributed by atoms with Crippen LogP contribution in [0.15, 0.2) is 48.5 Å². The minimum atomic E-state index is -2.92. The molecular formula is C14H11F3N2OS. The van der Waals surface area contributed by atoms with E-state index >= 15 is 0 Å². The molecule has 2 aromatic carbocycles. The third-order valence-corrected chi connectivity index (χ3v) is 2.66. The lowest BCUT2D eigenvalue weighted by molar-refractivity contribution is -0.0493. The maximum atomic E-state index is 12.8. The summed E-state index contributed by atoms with van der Waals surface area (Å²) in [5.41, 5.74) is 0.874. The van der Waals surface area contributed by atoms with Crippen LogP contribution in [0.4, 0.5) is 24.5 Å². The monoisotopic (exact) mass is 312 g/mol. The van der Waals surface area contributed by atoms with Crippen LogP contribution in [-0.4, -0.2) is 11.7 Å². The molecule has 0 heterocycles. The van der Waals surface area contributed by atoms with Crippen molar-refractivity contribution in [3.8, 4) is 5.75 Å². The van der Waals surface area contributed by atoms with Crippen LogP contribution in [-0.2, 0) is 0 Å². The lowest BCUT2D eigenvalue weighted by Crippen LogP contribution is -2.19. The van der Waals surface area contributed by atoms with Crippen LogP contribution in [0.2, 0.25) is 0 Å². The first kappa shape index (κ1) is 15.1. The van der Waals surface area contributed by atoms with Crippen LogP contribution in [0, 0.1) is 5.82 Å². The fourth-order valence-electron chi connectivity index (χ4n) is 1.59. The Bertz CT molecular complexity index is 620. The summed E-state index contributed by atoms with van der Waals surface area (Å²) in [5.74, 6) is -0.383. The summed E-state index contributed by atoms with van der Waals surface area (Å²) in [6, 6.07) is 11.7.